The van der Waals surface area contributed by atoms with E-state index in [0.717, 1.165) is 74.8 Å². The molecule has 0 aliphatic carbocycles. The molecule has 0 bridgehead atoms. The first-order valence-electron chi connectivity index (χ1n) is 21.6. The molecule has 4 aromatic rings. The van der Waals surface area contributed by atoms with Crippen LogP contribution in [-0.2, 0) is 39.8 Å². The summed E-state index contributed by atoms with van der Waals surface area (Å²) in [6.45, 7) is 13.7. The van der Waals surface area contributed by atoms with E-state index < -0.39 is 5.91 Å². The van der Waals surface area contributed by atoms with Gasteiger partial charge in [-0.2, -0.15) is 0 Å². The number of amides is 2. The first-order chi connectivity index (χ1) is 30.4. The average Bonchev–Trinajstić information content (AvgIpc) is 3.29. The summed E-state index contributed by atoms with van der Waals surface area (Å²) in [6, 6.07) is 19.4. The van der Waals surface area contributed by atoms with Crippen molar-refractivity contribution in [3.05, 3.63) is 95.9 Å². The summed E-state index contributed by atoms with van der Waals surface area (Å²) >= 11 is 0. The van der Waals surface area contributed by atoms with E-state index in [1.54, 1.807) is 18.6 Å². The molecule has 1 saturated heterocycles. The molecular formula is C46H64N8O8. The van der Waals surface area contributed by atoms with Crippen LogP contribution in [-0.4, -0.2) is 149 Å². The second-order valence-corrected chi connectivity index (χ2v) is 14.9. The number of primary amides is 1. The predicted molar refractivity (Wildman–Crippen MR) is 238 cm³/mol. The number of nitrogens with two attached hydrogens (primary N) is 1. The molecule has 5 rings (SSSR count). The van der Waals surface area contributed by atoms with E-state index in [0.29, 0.717) is 83.3 Å². The van der Waals surface area contributed by atoms with Gasteiger partial charge < -0.3 is 49.7 Å². The zero-order valence-electron chi connectivity index (χ0n) is 36.1. The second kappa shape index (κ2) is 28.6. The molecule has 1 aliphatic rings. The van der Waals surface area contributed by atoms with Crippen LogP contribution in [0, 0.1) is 6.92 Å². The van der Waals surface area contributed by atoms with Gasteiger partial charge in [-0.15, -0.1) is 0 Å². The number of carbonyl (C=O) groups excluding carboxylic acids is 2. The molecule has 1 aliphatic heterocycles. The third kappa shape index (κ3) is 19.0. The summed E-state index contributed by atoms with van der Waals surface area (Å²) in [6.07, 6.45) is 9.86. The van der Waals surface area contributed by atoms with Gasteiger partial charge in [-0.05, 0) is 79.9 Å². The molecule has 16 heteroatoms. The Hall–Kier alpha value is -4.91. The lowest BCUT2D eigenvalue weighted by Crippen LogP contribution is -2.46. The minimum absolute atomic E-state index is 0.0924. The molecule has 0 unspecified atom stereocenters. The van der Waals surface area contributed by atoms with Gasteiger partial charge in [0.15, 0.2) is 0 Å². The molecule has 0 radical (unpaired) electrons. The van der Waals surface area contributed by atoms with E-state index in [2.05, 4.69) is 47.5 Å². The maximum absolute atomic E-state index is 13.2. The number of nitrogens with zero attached hydrogens (tertiary/aromatic N) is 5. The van der Waals surface area contributed by atoms with E-state index in [4.69, 9.17) is 34.2 Å². The molecule has 0 spiro atoms. The zero-order chi connectivity index (χ0) is 43.5. The maximum atomic E-state index is 13.2. The second-order valence-electron chi connectivity index (χ2n) is 14.9. The van der Waals surface area contributed by atoms with Crippen LogP contribution < -0.4 is 16.4 Å². The Morgan fingerprint density at radius 1 is 0.694 bits per heavy atom. The SMILES string of the molecule is Cc1ccc(NC(=O)c2ccc(CN3CCN(CCCCCCOCCOCCOCCOCCOCCOCC(N)=O)CC3)cc2)cc1Nc1nccc(-c2cccnc2)n1. The van der Waals surface area contributed by atoms with Gasteiger partial charge in [0.1, 0.15) is 6.61 Å². The van der Waals surface area contributed by atoms with Gasteiger partial charge in [-0.25, -0.2) is 9.97 Å². The molecule has 16 nitrogen and oxygen atoms in total. The van der Waals surface area contributed by atoms with E-state index in [1.165, 1.54) is 24.8 Å². The highest BCUT2D eigenvalue weighted by molar-refractivity contribution is 6.04. The molecule has 336 valence electrons. The van der Waals surface area contributed by atoms with Crippen molar-refractivity contribution in [2.24, 2.45) is 5.73 Å². The highest BCUT2D eigenvalue weighted by atomic mass is 16.6. The third-order valence-electron chi connectivity index (χ3n) is 10.1. The first-order valence-corrected chi connectivity index (χ1v) is 21.6. The maximum Gasteiger partial charge on any atom is 0.255 e. The minimum Gasteiger partial charge on any atom is -0.379 e. The smallest absolute Gasteiger partial charge is 0.255 e. The summed E-state index contributed by atoms with van der Waals surface area (Å²) in [5.74, 6) is -0.186. The molecule has 3 heterocycles. The van der Waals surface area contributed by atoms with E-state index in [-0.39, 0.29) is 12.5 Å². The highest BCUT2D eigenvalue weighted by Crippen LogP contribution is 2.25. The number of nitrogens with one attached hydrogen (secondary N) is 2. The molecule has 0 saturated carbocycles. The summed E-state index contributed by atoms with van der Waals surface area (Å²) in [5.41, 5.74) is 11.0. The number of aromatic nitrogens is 3. The van der Waals surface area contributed by atoms with Crippen molar-refractivity contribution >= 4 is 29.1 Å². The fraction of sp³-hybridized carbons (Fsp3) is 0.500. The molecule has 62 heavy (non-hydrogen) atoms. The Kier molecular flexibility index (Phi) is 22.2. The summed E-state index contributed by atoms with van der Waals surface area (Å²) < 4.78 is 32.6. The highest BCUT2D eigenvalue weighted by Gasteiger charge is 2.17. The van der Waals surface area contributed by atoms with E-state index >= 15 is 0 Å². The van der Waals surface area contributed by atoms with Crippen molar-refractivity contribution in [1.82, 2.24) is 24.8 Å². The number of pyridine rings is 1. The Balaban J connectivity index is 0.837. The monoisotopic (exact) mass is 856 g/mol. The number of unbranched alkanes of at least 4 members (excludes halogenated alkanes) is 3. The molecule has 2 aromatic heterocycles. The normalized spacial score (nSPS) is 13.3. The van der Waals surface area contributed by atoms with Crippen LogP contribution >= 0.6 is 0 Å². The van der Waals surface area contributed by atoms with Crippen molar-refractivity contribution in [2.75, 3.05) is 123 Å². The largest absolute Gasteiger partial charge is 0.379 e. The lowest BCUT2D eigenvalue weighted by molar-refractivity contribution is -0.123. The van der Waals surface area contributed by atoms with Crippen LogP contribution in [0.2, 0.25) is 0 Å². The van der Waals surface area contributed by atoms with Crippen LogP contribution in [0.15, 0.2) is 79.3 Å². The Bertz CT molecular complexity index is 1870. The zero-order valence-corrected chi connectivity index (χ0v) is 36.1. The number of carbonyl (C=O) groups is 2. The number of rotatable bonds is 31. The molecule has 2 amide bonds. The van der Waals surface area contributed by atoms with E-state index in [9.17, 15) is 9.59 Å². The quantitative estimate of drug-likeness (QED) is 0.0568. The number of benzene rings is 2. The van der Waals surface area contributed by atoms with Gasteiger partial charge in [0.2, 0.25) is 11.9 Å². The number of piperazine rings is 1. The van der Waals surface area contributed by atoms with Crippen molar-refractivity contribution < 1.29 is 38.0 Å². The van der Waals surface area contributed by atoms with Crippen molar-refractivity contribution in [2.45, 2.75) is 39.2 Å². The van der Waals surface area contributed by atoms with Gasteiger partial charge in [0, 0.05) is 80.4 Å². The number of anilines is 3. The Morgan fingerprint density at radius 3 is 1.97 bits per heavy atom. The van der Waals surface area contributed by atoms with Gasteiger partial charge >= 0.3 is 0 Å². The summed E-state index contributed by atoms with van der Waals surface area (Å²) in [5, 5.41) is 6.34. The standard InChI is InChI=1S/C46H64N8O8/c1-37-8-13-41(33-43(37)52-46-49-16-14-42(51-46)40-7-6-15-48-34-40)50-45(56)39-11-9-38(10-12-39)35-54-20-18-53(19-21-54)17-4-2-3-5-22-57-23-24-58-25-26-59-27-28-60-29-30-61-31-32-62-36-44(47)55/h6-16,33-34H,2-5,17-32,35-36H2,1H3,(H2,47,55)(H,50,56)(H,49,51,52). The van der Waals surface area contributed by atoms with Crippen LogP contribution in [0.1, 0.15) is 47.2 Å². The molecule has 1 fully saturated rings. The van der Waals surface area contributed by atoms with Crippen molar-refractivity contribution in [1.29, 1.82) is 0 Å². The lowest BCUT2D eigenvalue weighted by Gasteiger charge is -2.34. The fourth-order valence-corrected chi connectivity index (χ4v) is 6.61. The van der Waals surface area contributed by atoms with Gasteiger partial charge in [-0.1, -0.05) is 31.0 Å². The Morgan fingerprint density at radius 2 is 1.32 bits per heavy atom. The lowest BCUT2D eigenvalue weighted by atomic mass is 10.1. The first kappa shape index (κ1) is 48.1. The van der Waals surface area contributed by atoms with E-state index in [1.807, 2.05) is 55.5 Å². The van der Waals surface area contributed by atoms with Crippen molar-refractivity contribution in [3.8, 4) is 11.3 Å². The van der Waals surface area contributed by atoms with Crippen LogP contribution in [0.3, 0.4) is 0 Å². The molecular weight excluding hydrogens is 793 g/mol. The number of ether oxygens (including phenoxy) is 6. The Labute approximate surface area is 365 Å². The summed E-state index contributed by atoms with van der Waals surface area (Å²) in [4.78, 5) is 42.0. The van der Waals surface area contributed by atoms with Crippen LogP contribution in [0.5, 0.6) is 0 Å². The summed E-state index contributed by atoms with van der Waals surface area (Å²) in [7, 11) is 0. The number of aryl methyl sites for hydroxylation is 1. The van der Waals surface area contributed by atoms with Crippen LogP contribution in [0.25, 0.3) is 11.3 Å². The fourth-order valence-electron chi connectivity index (χ4n) is 6.61. The topological polar surface area (TPSA) is 185 Å². The van der Waals surface area contributed by atoms with Gasteiger partial charge in [0.05, 0.1) is 71.8 Å². The predicted octanol–water partition coefficient (Wildman–Crippen LogP) is 5.11. The van der Waals surface area contributed by atoms with Crippen LogP contribution in [0.4, 0.5) is 17.3 Å². The molecule has 2 aromatic carbocycles. The average molecular weight is 857 g/mol. The van der Waals surface area contributed by atoms with Crippen molar-refractivity contribution in [3.63, 3.8) is 0 Å². The third-order valence-corrected chi connectivity index (χ3v) is 10.1. The van der Waals surface area contributed by atoms with Gasteiger partial charge in [-0.3, -0.25) is 19.5 Å². The minimum atomic E-state index is -0.492. The number of hydrogen-bond donors (Lipinski definition) is 3. The molecule has 4 N–H and O–H groups in total. The number of hydrogen-bond acceptors (Lipinski definition) is 14. The van der Waals surface area contributed by atoms with Gasteiger partial charge in [0.25, 0.3) is 5.91 Å². The molecule has 0 atom stereocenters.